The fraction of sp³-hybridized carbons (Fsp3) is 0.741. The highest BCUT2D eigenvalue weighted by Crippen LogP contribution is 2.27. The van der Waals surface area contributed by atoms with E-state index >= 15 is 0 Å². The van der Waals surface area contributed by atoms with E-state index in [0.717, 1.165) is 61.8 Å². The van der Waals surface area contributed by atoms with Gasteiger partial charge in [0.15, 0.2) is 11.4 Å². The van der Waals surface area contributed by atoms with E-state index in [1.54, 1.807) is 4.68 Å². The number of carbonyl (C=O) groups is 1. The average Bonchev–Trinajstić information content (AvgIpc) is 3.11. The highest BCUT2D eigenvalue weighted by molar-refractivity contribution is 6.05. The largest absolute Gasteiger partial charge is 0.357 e. The van der Waals surface area contributed by atoms with E-state index in [4.69, 9.17) is 4.98 Å². The van der Waals surface area contributed by atoms with Gasteiger partial charge in [0.25, 0.3) is 0 Å². The Morgan fingerprint density at radius 1 is 1.06 bits per heavy atom. The van der Waals surface area contributed by atoms with Crippen LogP contribution in [0.5, 0.6) is 0 Å². The van der Waals surface area contributed by atoms with Crippen molar-refractivity contribution in [2.24, 2.45) is 18.9 Å². The highest BCUT2D eigenvalue weighted by atomic mass is 16.1. The third-order valence-corrected chi connectivity index (χ3v) is 7.65. The molecule has 1 unspecified atom stereocenters. The number of aromatic nitrogens is 3. The monoisotopic (exact) mass is 453 g/mol. The molecule has 0 saturated carbocycles. The maximum Gasteiger partial charge on any atom is 0.184 e. The molecule has 0 N–H and O–H groups in total. The first kappa shape index (κ1) is 24.2. The quantitative estimate of drug-likeness (QED) is 0.497. The first-order valence-corrected chi connectivity index (χ1v) is 13.4. The zero-order chi connectivity index (χ0) is 23.2. The number of hydrogen-bond donors (Lipinski definition) is 0. The average molecular weight is 454 g/mol. The van der Waals surface area contributed by atoms with Crippen molar-refractivity contribution in [3.05, 3.63) is 17.8 Å². The van der Waals surface area contributed by atoms with E-state index in [-0.39, 0.29) is 5.78 Å². The summed E-state index contributed by atoms with van der Waals surface area (Å²) in [4.78, 5) is 23.2. The summed E-state index contributed by atoms with van der Waals surface area (Å²) in [6.45, 7) is 10.2. The van der Waals surface area contributed by atoms with E-state index in [1.807, 2.05) is 7.05 Å². The van der Waals surface area contributed by atoms with Crippen LogP contribution in [0.4, 0.5) is 5.82 Å². The smallest absolute Gasteiger partial charge is 0.184 e. The van der Waals surface area contributed by atoms with Crippen LogP contribution >= 0.6 is 0 Å². The Morgan fingerprint density at radius 3 is 2.45 bits per heavy atom. The summed E-state index contributed by atoms with van der Waals surface area (Å²) >= 11 is 0. The van der Waals surface area contributed by atoms with Gasteiger partial charge in [-0.1, -0.05) is 39.5 Å². The minimum atomic E-state index is 0.180. The molecule has 4 heterocycles. The summed E-state index contributed by atoms with van der Waals surface area (Å²) in [5.41, 5.74) is 1.44. The molecule has 2 aliphatic heterocycles. The van der Waals surface area contributed by atoms with Gasteiger partial charge in [-0.15, -0.1) is 0 Å². The molecule has 6 heteroatoms. The minimum Gasteiger partial charge on any atom is -0.357 e. The van der Waals surface area contributed by atoms with Crippen LogP contribution in [0.15, 0.2) is 12.1 Å². The Balaban J connectivity index is 1.38. The number of nitrogens with zero attached hydrogens (tertiary/aromatic N) is 5. The Morgan fingerprint density at radius 2 is 1.76 bits per heavy atom. The maximum atomic E-state index is 13.2. The molecule has 0 spiro atoms. The fourth-order valence-electron chi connectivity index (χ4n) is 5.74. The second-order valence-corrected chi connectivity index (χ2v) is 10.5. The summed E-state index contributed by atoms with van der Waals surface area (Å²) < 4.78 is 1.80. The molecule has 4 rings (SSSR count). The molecule has 182 valence electrons. The fourth-order valence-corrected chi connectivity index (χ4v) is 5.74. The molecule has 0 bridgehead atoms. The van der Waals surface area contributed by atoms with Crippen molar-refractivity contribution >= 4 is 22.6 Å². The van der Waals surface area contributed by atoms with Gasteiger partial charge >= 0.3 is 0 Å². The molecular weight excluding hydrogens is 410 g/mol. The Hall–Kier alpha value is -1.95. The molecule has 2 saturated heterocycles. The van der Waals surface area contributed by atoms with Crippen molar-refractivity contribution in [3.63, 3.8) is 0 Å². The van der Waals surface area contributed by atoms with Gasteiger partial charge in [-0.2, -0.15) is 5.10 Å². The van der Waals surface area contributed by atoms with Gasteiger partial charge < -0.3 is 9.80 Å². The molecule has 33 heavy (non-hydrogen) atoms. The molecule has 2 fully saturated rings. The minimum absolute atomic E-state index is 0.180. The number of carbonyl (C=O) groups excluding carboxylic acids is 1. The first-order chi connectivity index (χ1) is 16.0. The van der Waals surface area contributed by atoms with Gasteiger partial charge in [0.2, 0.25) is 0 Å². The number of ketones is 1. The van der Waals surface area contributed by atoms with Crippen LogP contribution in [0.3, 0.4) is 0 Å². The van der Waals surface area contributed by atoms with Crippen molar-refractivity contribution < 1.29 is 4.79 Å². The van der Waals surface area contributed by atoms with Crippen LogP contribution in [0, 0.1) is 11.8 Å². The van der Waals surface area contributed by atoms with Crippen LogP contribution in [0.25, 0.3) is 11.0 Å². The molecule has 1 atom stereocenters. The van der Waals surface area contributed by atoms with Gasteiger partial charge in [-0.05, 0) is 69.2 Å². The normalized spacial score (nSPS) is 20.0. The van der Waals surface area contributed by atoms with Gasteiger partial charge in [0, 0.05) is 33.1 Å². The third-order valence-electron chi connectivity index (χ3n) is 7.65. The van der Waals surface area contributed by atoms with Crippen molar-refractivity contribution in [2.75, 3.05) is 37.6 Å². The summed E-state index contributed by atoms with van der Waals surface area (Å²) in [6.07, 6.45) is 11.8. The van der Waals surface area contributed by atoms with Crippen molar-refractivity contribution in [1.82, 2.24) is 19.7 Å². The predicted octanol–water partition coefficient (Wildman–Crippen LogP) is 5.46. The number of fused-ring (bicyclic) bond motifs is 1. The number of anilines is 1. The zero-order valence-electron chi connectivity index (χ0n) is 21.1. The van der Waals surface area contributed by atoms with Crippen LogP contribution < -0.4 is 4.90 Å². The molecule has 2 aromatic heterocycles. The Bertz CT molecular complexity index is 907. The lowest BCUT2D eigenvalue weighted by Gasteiger charge is -2.33. The molecule has 2 aliphatic rings. The van der Waals surface area contributed by atoms with E-state index in [0.29, 0.717) is 18.0 Å². The molecule has 0 radical (unpaired) electrons. The molecule has 0 amide bonds. The lowest BCUT2D eigenvalue weighted by atomic mass is 9.90. The molecule has 0 aromatic carbocycles. The van der Waals surface area contributed by atoms with Crippen molar-refractivity contribution in [2.45, 2.75) is 78.1 Å². The predicted molar refractivity (Wildman–Crippen MR) is 136 cm³/mol. The molecule has 6 nitrogen and oxygen atoms in total. The Kier molecular flexibility index (Phi) is 8.39. The topological polar surface area (TPSA) is 54.3 Å². The van der Waals surface area contributed by atoms with E-state index in [2.05, 4.69) is 40.9 Å². The van der Waals surface area contributed by atoms with E-state index in [1.165, 1.54) is 51.5 Å². The van der Waals surface area contributed by atoms with Crippen molar-refractivity contribution in [3.8, 4) is 0 Å². The lowest BCUT2D eigenvalue weighted by Crippen LogP contribution is -2.37. The van der Waals surface area contributed by atoms with Crippen LogP contribution in [-0.2, 0) is 7.05 Å². The number of piperidine rings is 1. The van der Waals surface area contributed by atoms with Crippen LogP contribution in [0.1, 0.15) is 88.5 Å². The standard InChI is InChI=1S/C27H43N5O/c1-4-10-21(2)20-31-17-13-22(14-18-31)19-24(33)26-23-11-12-25(28-27(23)30(3)29-26)32-15-8-6-5-7-9-16-32/h11-12,21-22H,4-10,13-20H2,1-3H3. The first-order valence-electron chi connectivity index (χ1n) is 13.4. The second kappa shape index (κ2) is 11.5. The second-order valence-electron chi connectivity index (χ2n) is 10.5. The highest BCUT2D eigenvalue weighted by Gasteiger charge is 2.25. The number of pyridine rings is 1. The SMILES string of the molecule is CCCC(C)CN1CCC(CC(=O)c2nn(C)c3nc(N4CCCCCCC4)ccc23)CC1. The van der Waals surface area contributed by atoms with Crippen LogP contribution in [-0.4, -0.2) is 58.2 Å². The molecular formula is C27H43N5O. The number of rotatable bonds is 8. The van der Waals surface area contributed by atoms with Gasteiger partial charge in [0.1, 0.15) is 11.5 Å². The summed E-state index contributed by atoms with van der Waals surface area (Å²) in [7, 11) is 1.92. The van der Waals surface area contributed by atoms with Crippen LogP contribution in [0.2, 0.25) is 0 Å². The van der Waals surface area contributed by atoms with E-state index in [9.17, 15) is 4.79 Å². The van der Waals surface area contributed by atoms with Gasteiger partial charge in [0.05, 0.1) is 5.39 Å². The Labute approximate surface area is 199 Å². The van der Waals surface area contributed by atoms with Crippen molar-refractivity contribution in [1.29, 1.82) is 0 Å². The number of Topliss-reactive ketones (excluding diaryl/α,β-unsaturated/α-hetero) is 1. The van der Waals surface area contributed by atoms with E-state index < -0.39 is 0 Å². The van der Waals surface area contributed by atoms with Gasteiger partial charge in [-0.25, -0.2) is 9.67 Å². The summed E-state index contributed by atoms with van der Waals surface area (Å²) in [6, 6.07) is 4.17. The third kappa shape index (κ3) is 6.14. The van der Waals surface area contributed by atoms with Gasteiger partial charge in [-0.3, -0.25) is 4.79 Å². The molecule has 2 aromatic rings. The zero-order valence-corrected chi connectivity index (χ0v) is 21.1. The number of likely N-dealkylation sites (tertiary alicyclic amines) is 1. The number of hydrogen-bond acceptors (Lipinski definition) is 5. The summed E-state index contributed by atoms with van der Waals surface area (Å²) in [5, 5.41) is 5.53. The molecule has 0 aliphatic carbocycles. The lowest BCUT2D eigenvalue weighted by molar-refractivity contribution is 0.0916. The number of aryl methyl sites for hydroxylation is 1. The maximum absolute atomic E-state index is 13.2. The summed E-state index contributed by atoms with van der Waals surface area (Å²) in [5.74, 6) is 2.44.